The maximum absolute atomic E-state index is 11.4. The predicted octanol–water partition coefficient (Wildman–Crippen LogP) is 0.161. The summed E-state index contributed by atoms with van der Waals surface area (Å²) in [6.07, 6.45) is 1.59. The third-order valence-electron chi connectivity index (χ3n) is 2.03. The Hall–Kier alpha value is -1.32. The van der Waals surface area contributed by atoms with Crippen molar-refractivity contribution in [3.8, 4) is 0 Å². The van der Waals surface area contributed by atoms with Crippen LogP contribution in [0, 0.1) is 5.92 Å². The molecule has 4 nitrogen and oxygen atoms in total. The van der Waals surface area contributed by atoms with E-state index in [1.165, 1.54) is 0 Å². The number of hydrogen-bond donors (Lipinski definition) is 2. The Kier molecular flexibility index (Phi) is 2.70. The summed E-state index contributed by atoms with van der Waals surface area (Å²) in [5.41, 5.74) is 0.335. The molecule has 2 N–H and O–H groups in total. The van der Waals surface area contributed by atoms with E-state index < -0.39 is 6.04 Å². The molecule has 1 unspecified atom stereocenters. The van der Waals surface area contributed by atoms with Crippen molar-refractivity contribution in [3.63, 3.8) is 0 Å². The molecule has 0 aromatic heterocycles. The van der Waals surface area contributed by atoms with E-state index in [1.807, 2.05) is 13.8 Å². The minimum Gasteiger partial charge on any atom is -0.339 e. The van der Waals surface area contributed by atoms with Crippen LogP contribution in [-0.4, -0.2) is 17.9 Å². The largest absolute Gasteiger partial charge is 0.339 e. The maximum Gasteiger partial charge on any atom is 0.268 e. The van der Waals surface area contributed by atoms with Gasteiger partial charge in [-0.3, -0.25) is 9.59 Å². The average molecular weight is 182 g/mol. The van der Waals surface area contributed by atoms with Crippen molar-refractivity contribution in [1.82, 2.24) is 10.6 Å². The Morgan fingerprint density at radius 1 is 1.38 bits per heavy atom. The first-order valence-electron chi connectivity index (χ1n) is 4.34. The first kappa shape index (κ1) is 9.77. The molecule has 0 radical (unpaired) electrons. The minimum atomic E-state index is -0.406. The summed E-state index contributed by atoms with van der Waals surface area (Å²) in [6.45, 7) is 5.50. The smallest absolute Gasteiger partial charge is 0.268 e. The van der Waals surface area contributed by atoms with E-state index in [2.05, 4.69) is 10.6 Å². The van der Waals surface area contributed by atoms with Crippen LogP contribution >= 0.6 is 0 Å². The van der Waals surface area contributed by atoms with Crippen LogP contribution in [0.1, 0.15) is 20.8 Å². The van der Waals surface area contributed by atoms with Crippen LogP contribution in [0.3, 0.4) is 0 Å². The molecule has 4 heteroatoms. The van der Waals surface area contributed by atoms with E-state index in [1.54, 1.807) is 13.0 Å². The summed E-state index contributed by atoms with van der Waals surface area (Å²) < 4.78 is 0. The van der Waals surface area contributed by atoms with Crippen LogP contribution in [-0.2, 0) is 9.59 Å². The highest BCUT2D eigenvalue weighted by molar-refractivity contribution is 6.04. The number of carbonyl (C=O) groups excluding carboxylic acids is 2. The summed E-state index contributed by atoms with van der Waals surface area (Å²) in [7, 11) is 0. The standard InChI is InChI=1S/C9H14N2O2/c1-4-6-8(12)11-7(5(2)3)9(13)10-6/h4-5,7H,1-3H3,(H,10,13)(H,11,12)/b6-4-. The summed E-state index contributed by atoms with van der Waals surface area (Å²) in [5, 5.41) is 5.20. The van der Waals surface area contributed by atoms with Crippen LogP contribution in [0.2, 0.25) is 0 Å². The fraction of sp³-hybridized carbons (Fsp3) is 0.556. The molecule has 0 aromatic carbocycles. The fourth-order valence-corrected chi connectivity index (χ4v) is 1.22. The molecule has 1 saturated heterocycles. The first-order valence-corrected chi connectivity index (χ1v) is 4.34. The Morgan fingerprint density at radius 3 is 2.46 bits per heavy atom. The van der Waals surface area contributed by atoms with Crippen LogP contribution in [0.4, 0.5) is 0 Å². The van der Waals surface area contributed by atoms with Gasteiger partial charge in [-0.25, -0.2) is 0 Å². The van der Waals surface area contributed by atoms with Crippen molar-refractivity contribution in [2.45, 2.75) is 26.8 Å². The second-order valence-corrected chi connectivity index (χ2v) is 3.39. The lowest BCUT2D eigenvalue weighted by atomic mass is 10.0. The Morgan fingerprint density at radius 2 is 2.00 bits per heavy atom. The Labute approximate surface area is 77.4 Å². The molecule has 0 saturated carbocycles. The van der Waals surface area contributed by atoms with Crippen LogP contribution < -0.4 is 10.6 Å². The SMILES string of the molecule is C/C=C1\NC(=O)C(C(C)C)NC1=O. The summed E-state index contributed by atoms with van der Waals surface area (Å²) in [6, 6.07) is -0.406. The van der Waals surface area contributed by atoms with E-state index in [9.17, 15) is 9.59 Å². The normalized spacial score (nSPS) is 26.2. The fourth-order valence-electron chi connectivity index (χ4n) is 1.22. The van der Waals surface area contributed by atoms with Gasteiger partial charge in [0.05, 0.1) is 0 Å². The van der Waals surface area contributed by atoms with Gasteiger partial charge in [-0.05, 0) is 12.8 Å². The topological polar surface area (TPSA) is 58.2 Å². The lowest BCUT2D eigenvalue weighted by Crippen LogP contribution is -2.56. The van der Waals surface area contributed by atoms with E-state index in [4.69, 9.17) is 0 Å². The number of piperazine rings is 1. The van der Waals surface area contributed by atoms with Gasteiger partial charge in [0.1, 0.15) is 11.7 Å². The molecule has 13 heavy (non-hydrogen) atoms. The summed E-state index contributed by atoms with van der Waals surface area (Å²) >= 11 is 0. The van der Waals surface area contributed by atoms with Crippen molar-refractivity contribution in [3.05, 3.63) is 11.8 Å². The molecule has 1 atom stereocenters. The molecule has 72 valence electrons. The highest BCUT2D eigenvalue weighted by Gasteiger charge is 2.30. The maximum atomic E-state index is 11.4. The molecular formula is C9H14N2O2. The first-order chi connectivity index (χ1) is 6.06. The zero-order valence-corrected chi connectivity index (χ0v) is 8.05. The Balaban J connectivity index is 2.79. The Bertz CT molecular complexity index is 269. The third-order valence-corrected chi connectivity index (χ3v) is 2.03. The zero-order valence-electron chi connectivity index (χ0n) is 8.05. The van der Waals surface area contributed by atoms with Crippen LogP contribution in [0.25, 0.3) is 0 Å². The van der Waals surface area contributed by atoms with Crippen LogP contribution in [0.15, 0.2) is 11.8 Å². The molecule has 0 spiro atoms. The highest BCUT2D eigenvalue weighted by Crippen LogP contribution is 2.08. The van der Waals surface area contributed by atoms with E-state index in [-0.39, 0.29) is 17.7 Å². The highest BCUT2D eigenvalue weighted by atomic mass is 16.2. The minimum absolute atomic E-state index is 0.113. The molecule has 1 aliphatic heterocycles. The van der Waals surface area contributed by atoms with Gasteiger partial charge in [-0.2, -0.15) is 0 Å². The number of allylic oxidation sites excluding steroid dienone is 1. The van der Waals surface area contributed by atoms with Crippen molar-refractivity contribution in [2.24, 2.45) is 5.92 Å². The molecule has 2 amide bonds. The quantitative estimate of drug-likeness (QED) is 0.567. The molecule has 1 aliphatic rings. The molecule has 0 aromatic rings. The molecule has 0 bridgehead atoms. The van der Waals surface area contributed by atoms with E-state index >= 15 is 0 Å². The molecule has 1 rings (SSSR count). The van der Waals surface area contributed by atoms with E-state index in [0.717, 1.165) is 0 Å². The summed E-state index contributed by atoms with van der Waals surface area (Å²) in [5.74, 6) is -0.231. The van der Waals surface area contributed by atoms with Crippen LogP contribution in [0.5, 0.6) is 0 Å². The third kappa shape index (κ3) is 1.88. The van der Waals surface area contributed by atoms with Gasteiger partial charge in [0.15, 0.2) is 0 Å². The number of hydrogen-bond acceptors (Lipinski definition) is 2. The van der Waals surface area contributed by atoms with Gasteiger partial charge in [0, 0.05) is 0 Å². The summed E-state index contributed by atoms with van der Waals surface area (Å²) in [4.78, 5) is 22.7. The van der Waals surface area contributed by atoms with Gasteiger partial charge in [-0.1, -0.05) is 19.9 Å². The zero-order chi connectivity index (χ0) is 10.0. The lowest BCUT2D eigenvalue weighted by Gasteiger charge is -2.27. The number of carbonyl (C=O) groups is 2. The monoisotopic (exact) mass is 182 g/mol. The molecular weight excluding hydrogens is 168 g/mol. The predicted molar refractivity (Wildman–Crippen MR) is 48.7 cm³/mol. The second-order valence-electron chi connectivity index (χ2n) is 3.39. The van der Waals surface area contributed by atoms with Crippen molar-refractivity contribution in [2.75, 3.05) is 0 Å². The molecule has 1 fully saturated rings. The number of rotatable bonds is 1. The van der Waals surface area contributed by atoms with Gasteiger partial charge >= 0.3 is 0 Å². The van der Waals surface area contributed by atoms with E-state index in [0.29, 0.717) is 5.70 Å². The lowest BCUT2D eigenvalue weighted by molar-refractivity contribution is -0.132. The van der Waals surface area contributed by atoms with Gasteiger partial charge < -0.3 is 10.6 Å². The van der Waals surface area contributed by atoms with Gasteiger partial charge in [0.25, 0.3) is 5.91 Å². The van der Waals surface area contributed by atoms with Crippen molar-refractivity contribution in [1.29, 1.82) is 0 Å². The molecule has 0 aliphatic carbocycles. The average Bonchev–Trinajstić information content (AvgIpc) is 2.07. The molecule has 1 heterocycles. The van der Waals surface area contributed by atoms with Gasteiger partial charge in [0.2, 0.25) is 5.91 Å². The number of amides is 2. The second kappa shape index (κ2) is 3.60. The number of nitrogens with one attached hydrogen (secondary N) is 2. The van der Waals surface area contributed by atoms with Gasteiger partial charge in [-0.15, -0.1) is 0 Å². The van der Waals surface area contributed by atoms with Crippen molar-refractivity contribution < 1.29 is 9.59 Å². The van der Waals surface area contributed by atoms with Crippen molar-refractivity contribution >= 4 is 11.8 Å².